The molecular weight excluding hydrogens is 374 g/mol. The van der Waals surface area contributed by atoms with Crippen LogP contribution in [0.25, 0.3) is 0 Å². The molecule has 4 fully saturated rings. The number of likely N-dealkylation sites (tertiary alicyclic amines) is 1. The minimum Gasteiger partial charge on any atom is -0.454 e. The minimum absolute atomic E-state index is 0.0938. The van der Waals surface area contributed by atoms with E-state index in [9.17, 15) is 4.79 Å². The van der Waals surface area contributed by atoms with Crippen LogP contribution in [0.2, 0.25) is 0 Å². The van der Waals surface area contributed by atoms with Gasteiger partial charge in [0.15, 0.2) is 11.5 Å². The predicted octanol–water partition coefficient (Wildman–Crippen LogP) is 2.88. The van der Waals surface area contributed by atoms with Gasteiger partial charge in [0.1, 0.15) is 5.69 Å². The molecule has 0 radical (unpaired) electrons. The SMILES string of the molecule is Cc1nc(C(=O)N2C[C@@H](c3ccc4c(c3)OCO4)[C@@H]3[C@H]2C2CCN3CC2)cs1. The average molecular weight is 398 g/mol. The third-order valence-electron chi connectivity index (χ3n) is 6.92. The van der Waals surface area contributed by atoms with Gasteiger partial charge < -0.3 is 14.4 Å². The number of carbonyl (C=O) groups is 1. The lowest BCUT2D eigenvalue weighted by molar-refractivity contribution is -0.00357. The van der Waals surface area contributed by atoms with Gasteiger partial charge in [-0.05, 0) is 56.5 Å². The van der Waals surface area contributed by atoms with Crippen LogP contribution >= 0.6 is 11.3 Å². The standard InChI is InChI=1S/C21H23N3O3S/c1-12-22-16(10-28-12)21(25)24-9-15(14-2-3-17-18(8-14)27-11-26-17)20-19(24)13-4-6-23(20)7-5-13/h2-3,8,10,13,15,19-20H,4-7,9,11H2,1H3/t15-,19+,20+/m0/s1. The van der Waals surface area contributed by atoms with Crippen molar-refractivity contribution < 1.29 is 14.3 Å². The van der Waals surface area contributed by atoms with Gasteiger partial charge in [0.2, 0.25) is 6.79 Å². The van der Waals surface area contributed by atoms with E-state index in [0.717, 1.165) is 36.1 Å². The zero-order chi connectivity index (χ0) is 18.8. The molecule has 2 aromatic rings. The van der Waals surface area contributed by atoms with Crippen molar-refractivity contribution in [3.05, 3.63) is 39.8 Å². The van der Waals surface area contributed by atoms with E-state index in [-0.39, 0.29) is 18.7 Å². The van der Waals surface area contributed by atoms with E-state index < -0.39 is 0 Å². The third-order valence-corrected chi connectivity index (χ3v) is 7.69. The van der Waals surface area contributed by atoms with Crippen molar-refractivity contribution in [3.8, 4) is 11.5 Å². The Morgan fingerprint density at radius 2 is 2.00 bits per heavy atom. The summed E-state index contributed by atoms with van der Waals surface area (Å²) in [5, 5.41) is 2.85. The Kier molecular flexibility index (Phi) is 3.71. The molecule has 5 aliphatic heterocycles. The molecule has 4 saturated heterocycles. The van der Waals surface area contributed by atoms with Gasteiger partial charge in [-0.3, -0.25) is 9.69 Å². The monoisotopic (exact) mass is 397 g/mol. The summed E-state index contributed by atoms with van der Waals surface area (Å²) >= 11 is 1.55. The number of ether oxygens (including phenoxy) is 2. The van der Waals surface area contributed by atoms with Gasteiger partial charge in [-0.2, -0.15) is 0 Å². The highest BCUT2D eigenvalue weighted by molar-refractivity contribution is 7.09. The van der Waals surface area contributed by atoms with Gasteiger partial charge in [-0.1, -0.05) is 6.07 Å². The molecule has 6 heterocycles. The van der Waals surface area contributed by atoms with Crippen LogP contribution in [-0.4, -0.2) is 59.2 Å². The normalized spacial score (nSPS) is 32.6. The second kappa shape index (κ2) is 6.19. The van der Waals surface area contributed by atoms with E-state index in [4.69, 9.17) is 9.47 Å². The number of aryl methyl sites for hydroxylation is 1. The van der Waals surface area contributed by atoms with E-state index in [1.807, 2.05) is 18.4 Å². The number of carbonyl (C=O) groups excluding carboxylic acids is 1. The van der Waals surface area contributed by atoms with Crippen molar-refractivity contribution >= 4 is 17.2 Å². The summed E-state index contributed by atoms with van der Waals surface area (Å²) < 4.78 is 11.1. The summed E-state index contributed by atoms with van der Waals surface area (Å²) in [4.78, 5) is 22.6. The van der Waals surface area contributed by atoms with Gasteiger partial charge in [-0.25, -0.2) is 4.98 Å². The first-order valence-corrected chi connectivity index (χ1v) is 10.9. The van der Waals surface area contributed by atoms with Crippen LogP contribution in [0.4, 0.5) is 0 Å². The van der Waals surface area contributed by atoms with E-state index in [2.05, 4.69) is 26.9 Å². The van der Waals surface area contributed by atoms with Gasteiger partial charge in [0.25, 0.3) is 5.91 Å². The smallest absolute Gasteiger partial charge is 0.273 e. The molecule has 146 valence electrons. The van der Waals surface area contributed by atoms with Crippen LogP contribution < -0.4 is 9.47 Å². The number of hydrogen-bond donors (Lipinski definition) is 0. The zero-order valence-electron chi connectivity index (χ0n) is 15.8. The zero-order valence-corrected chi connectivity index (χ0v) is 16.7. The highest BCUT2D eigenvalue weighted by Gasteiger charge is 2.55. The summed E-state index contributed by atoms with van der Waals surface area (Å²) in [7, 11) is 0. The van der Waals surface area contributed by atoms with Gasteiger partial charge in [0, 0.05) is 23.9 Å². The van der Waals surface area contributed by atoms with Crippen molar-refractivity contribution in [2.45, 2.75) is 37.8 Å². The molecule has 7 heteroatoms. The van der Waals surface area contributed by atoms with Crippen LogP contribution in [0.1, 0.15) is 39.8 Å². The fourth-order valence-electron chi connectivity index (χ4n) is 5.70. The molecule has 3 atom stereocenters. The van der Waals surface area contributed by atoms with E-state index in [0.29, 0.717) is 23.6 Å². The second-order valence-corrected chi connectivity index (χ2v) is 9.35. The Hall–Kier alpha value is -2.12. The van der Waals surface area contributed by atoms with Gasteiger partial charge in [-0.15, -0.1) is 11.3 Å². The van der Waals surface area contributed by atoms with Gasteiger partial charge in [0.05, 0.1) is 11.0 Å². The number of hydrogen-bond acceptors (Lipinski definition) is 6. The summed E-state index contributed by atoms with van der Waals surface area (Å²) in [6.45, 7) is 5.28. The molecule has 0 N–H and O–H groups in total. The van der Waals surface area contributed by atoms with Crippen LogP contribution in [0.3, 0.4) is 0 Å². The molecule has 2 bridgehead atoms. The maximum atomic E-state index is 13.4. The minimum atomic E-state index is 0.0938. The fraction of sp³-hybridized carbons (Fsp3) is 0.524. The first kappa shape index (κ1) is 16.8. The number of benzene rings is 1. The van der Waals surface area contributed by atoms with Crippen molar-refractivity contribution in [2.75, 3.05) is 26.4 Å². The van der Waals surface area contributed by atoms with Crippen LogP contribution in [0.5, 0.6) is 11.5 Å². The molecule has 28 heavy (non-hydrogen) atoms. The summed E-state index contributed by atoms with van der Waals surface area (Å²) in [6.07, 6.45) is 2.38. The molecule has 1 aromatic carbocycles. The van der Waals surface area contributed by atoms with Crippen LogP contribution in [-0.2, 0) is 0 Å². The largest absolute Gasteiger partial charge is 0.454 e. The molecule has 0 saturated carbocycles. The lowest BCUT2D eigenvalue weighted by Gasteiger charge is -2.51. The topological polar surface area (TPSA) is 54.9 Å². The number of amides is 1. The van der Waals surface area contributed by atoms with Crippen molar-refractivity contribution in [3.63, 3.8) is 0 Å². The molecular formula is C21H23N3O3S. The van der Waals surface area contributed by atoms with Crippen LogP contribution in [0, 0.1) is 12.8 Å². The first-order valence-electron chi connectivity index (χ1n) is 10.1. The Labute approximate surface area is 168 Å². The Balaban J connectivity index is 1.38. The number of fused-ring (bicyclic) bond motifs is 3. The molecule has 0 spiro atoms. The molecule has 0 aliphatic carbocycles. The maximum Gasteiger partial charge on any atom is 0.273 e. The number of nitrogens with zero attached hydrogens (tertiary/aromatic N) is 3. The maximum absolute atomic E-state index is 13.4. The second-order valence-electron chi connectivity index (χ2n) is 8.28. The Bertz CT molecular complexity index is 937. The first-order chi connectivity index (χ1) is 13.7. The Morgan fingerprint density at radius 1 is 1.18 bits per heavy atom. The molecule has 1 amide bonds. The highest BCUT2D eigenvalue weighted by Crippen LogP contribution is 2.48. The Morgan fingerprint density at radius 3 is 2.79 bits per heavy atom. The van der Waals surface area contributed by atoms with Crippen molar-refractivity contribution in [2.24, 2.45) is 5.92 Å². The highest BCUT2D eigenvalue weighted by atomic mass is 32.1. The number of rotatable bonds is 2. The van der Waals surface area contributed by atoms with E-state index in [1.54, 1.807) is 11.3 Å². The average Bonchev–Trinajstić information content (AvgIpc) is 3.46. The summed E-state index contributed by atoms with van der Waals surface area (Å²) in [5.74, 6) is 2.62. The van der Waals surface area contributed by atoms with Crippen molar-refractivity contribution in [1.29, 1.82) is 0 Å². The van der Waals surface area contributed by atoms with Crippen LogP contribution in [0.15, 0.2) is 23.6 Å². The number of thiazole rings is 1. The number of aromatic nitrogens is 1. The molecule has 1 aromatic heterocycles. The fourth-order valence-corrected chi connectivity index (χ4v) is 6.29. The van der Waals surface area contributed by atoms with E-state index >= 15 is 0 Å². The molecule has 6 nitrogen and oxygen atoms in total. The lowest BCUT2D eigenvalue weighted by atomic mass is 9.75. The summed E-state index contributed by atoms with van der Waals surface area (Å²) in [5.41, 5.74) is 1.85. The van der Waals surface area contributed by atoms with E-state index in [1.165, 1.54) is 18.4 Å². The van der Waals surface area contributed by atoms with Gasteiger partial charge >= 0.3 is 0 Å². The number of piperidine rings is 3. The third kappa shape index (κ3) is 2.42. The summed E-state index contributed by atoms with van der Waals surface area (Å²) in [6, 6.07) is 6.95. The quantitative estimate of drug-likeness (QED) is 0.780. The lowest BCUT2D eigenvalue weighted by Crippen LogP contribution is -2.60. The molecule has 7 rings (SSSR count). The predicted molar refractivity (Wildman–Crippen MR) is 105 cm³/mol. The van der Waals surface area contributed by atoms with Crippen molar-refractivity contribution in [1.82, 2.24) is 14.8 Å². The molecule has 0 unspecified atom stereocenters. The molecule has 5 aliphatic rings.